The molecule has 0 amide bonds. The maximum Gasteiger partial charge on any atom is 0.0467 e. The highest BCUT2D eigenvalue weighted by Crippen LogP contribution is 2.51. The number of nitrogens with zero attached hydrogens (tertiary/aromatic N) is 1. The van der Waals surface area contributed by atoms with Gasteiger partial charge in [0.2, 0.25) is 0 Å². The van der Waals surface area contributed by atoms with Gasteiger partial charge in [0.15, 0.2) is 0 Å². The molecule has 0 aromatic heterocycles. The van der Waals surface area contributed by atoms with Crippen molar-refractivity contribution in [3.8, 4) is 44.5 Å². The molecule has 0 unspecified atom stereocenters. The number of fused-ring (bicyclic) bond motifs is 3. The molecule has 1 heteroatoms. The highest BCUT2D eigenvalue weighted by Gasteiger charge is 2.36. The van der Waals surface area contributed by atoms with E-state index in [1.165, 1.54) is 77.9 Å². The van der Waals surface area contributed by atoms with E-state index in [-0.39, 0.29) is 27.1 Å². The van der Waals surface area contributed by atoms with Crippen LogP contribution < -0.4 is 4.90 Å². The molecule has 1 nitrogen and oxygen atoms in total. The Balaban J connectivity index is 1.25. The molecule has 1 aliphatic carbocycles. The van der Waals surface area contributed by atoms with Gasteiger partial charge in [-0.1, -0.05) is 206 Å². The van der Waals surface area contributed by atoms with Crippen LogP contribution in [0, 0.1) is 0 Å². The molecule has 8 rings (SSSR count). The van der Waals surface area contributed by atoms with Crippen molar-refractivity contribution in [1.82, 2.24) is 0 Å². The van der Waals surface area contributed by atoms with E-state index in [0.29, 0.717) is 0 Å². The molecule has 0 fully saturated rings. The Bertz CT molecular complexity index is 2730. The van der Waals surface area contributed by atoms with Gasteiger partial charge in [-0.25, -0.2) is 0 Å². The summed E-state index contributed by atoms with van der Waals surface area (Å²) in [7, 11) is 0. The van der Waals surface area contributed by atoms with Crippen LogP contribution in [0.3, 0.4) is 0 Å². The fraction of sp³-hybridized carbons (Fsp3) is 0.311. The van der Waals surface area contributed by atoms with E-state index >= 15 is 0 Å². The van der Waals surface area contributed by atoms with Crippen molar-refractivity contribution in [3.05, 3.63) is 185 Å². The van der Waals surface area contributed by atoms with Crippen molar-refractivity contribution in [2.24, 2.45) is 0 Å². The van der Waals surface area contributed by atoms with Crippen molar-refractivity contribution >= 4 is 17.1 Å². The first kappa shape index (κ1) is 43.0. The standard InChI is InChI=1S/C61H67N/c1-57(2,3)46-26-22-40(23-27-46)42-18-17-19-51(37-42)62(52-30-31-54-53-20-15-16-21-55(53)61(13,14)56(54)39-52)50-28-24-41(25-29-50)43-32-44(34-47(33-43)58(4,5)6)45-35-48(59(7,8)9)38-49(36-45)60(10,11)12/h15-39H,1-14H3. The highest BCUT2D eigenvalue weighted by atomic mass is 15.1. The fourth-order valence-corrected chi connectivity index (χ4v) is 9.12. The lowest BCUT2D eigenvalue weighted by Gasteiger charge is -2.29. The summed E-state index contributed by atoms with van der Waals surface area (Å²) in [4.78, 5) is 2.44. The minimum absolute atomic E-state index is 0.0188. The van der Waals surface area contributed by atoms with Gasteiger partial charge in [-0.2, -0.15) is 0 Å². The fourth-order valence-electron chi connectivity index (χ4n) is 9.12. The SMILES string of the molecule is CC(C)(C)c1ccc(-c2cccc(N(c3ccc(-c4cc(-c5cc(C(C)(C)C)cc(C(C)(C)C)c5)cc(C(C)(C)C)c4)cc3)c3ccc4c(c3)C(C)(C)c3ccccc3-4)c2)cc1. The smallest absolute Gasteiger partial charge is 0.0467 e. The van der Waals surface area contributed by atoms with Crippen LogP contribution in [-0.4, -0.2) is 0 Å². The van der Waals surface area contributed by atoms with E-state index in [1.54, 1.807) is 0 Å². The Morgan fingerprint density at radius 2 is 0.758 bits per heavy atom. The number of rotatable bonds is 6. The van der Waals surface area contributed by atoms with Crippen molar-refractivity contribution in [2.45, 2.75) is 124 Å². The molecular formula is C61H67N. The summed E-state index contributed by atoms with van der Waals surface area (Å²) in [5, 5.41) is 0. The predicted octanol–water partition coefficient (Wildman–Crippen LogP) is 17.7. The van der Waals surface area contributed by atoms with Crippen LogP contribution in [0.1, 0.15) is 130 Å². The van der Waals surface area contributed by atoms with E-state index in [1.807, 2.05) is 0 Å². The molecule has 0 saturated carbocycles. The van der Waals surface area contributed by atoms with Gasteiger partial charge in [-0.3, -0.25) is 0 Å². The quantitative estimate of drug-likeness (QED) is 0.162. The second-order valence-corrected chi connectivity index (χ2v) is 22.5. The lowest BCUT2D eigenvalue weighted by Crippen LogP contribution is -2.16. The van der Waals surface area contributed by atoms with E-state index in [4.69, 9.17) is 0 Å². The summed E-state index contributed by atoms with van der Waals surface area (Å²) >= 11 is 0. The van der Waals surface area contributed by atoms with Crippen LogP contribution in [0.5, 0.6) is 0 Å². The molecule has 0 aliphatic heterocycles. The van der Waals surface area contributed by atoms with Gasteiger partial charge in [0.05, 0.1) is 0 Å². The molecule has 0 N–H and O–H groups in total. The Labute approximate surface area is 373 Å². The molecule has 7 aromatic carbocycles. The van der Waals surface area contributed by atoms with Gasteiger partial charge in [0, 0.05) is 22.5 Å². The lowest BCUT2D eigenvalue weighted by atomic mass is 9.78. The summed E-state index contributed by atoms with van der Waals surface area (Å²) < 4.78 is 0. The zero-order valence-electron chi connectivity index (χ0n) is 39.9. The topological polar surface area (TPSA) is 3.24 Å². The van der Waals surface area contributed by atoms with Crippen LogP contribution in [0.2, 0.25) is 0 Å². The highest BCUT2D eigenvalue weighted by molar-refractivity contribution is 5.87. The van der Waals surface area contributed by atoms with Crippen LogP contribution in [0.4, 0.5) is 17.1 Å². The normalized spacial score (nSPS) is 13.8. The maximum absolute atomic E-state index is 2.44. The van der Waals surface area contributed by atoms with Crippen molar-refractivity contribution in [1.29, 1.82) is 0 Å². The number of hydrogen-bond donors (Lipinski definition) is 0. The largest absolute Gasteiger partial charge is 0.310 e. The Kier molecular flexibility index (Phi) is 10.6. The van der Waals surface area contributed by atoms with E-state index < -0.39 is 0 Å². The monoisotopic (exact) mass is 814 g/mol. The second kappa shape index (κ2) is 15.3. The predicted molar refractivity (Wildman–Crippen MR) is 270 cm³/mol. The third kappa shape index (κ3) is 8.32. The molecule has 0 atom stereocenters. The maximum atomic E-state index is 2.44. The summed E-state index contributed by atoms with van der Waals surface area (Å²) in [5.74, 6) is 0. The molecule has 0 radical (unpaired) electrons. The van der Waals surface area contributed by atoms with Gasteiger partial charge in [0.1, 0.15) is 0 Å². The molecule has 62 heavy (non-hydrogen) atoms. The minimum Gasteiger partial charge on any atom is -0.310 e. The molecule has 7 aromatic rings. The van der Waals surface area contributed by atoms with E-state index in [9.17, 15) is 0 Å². The molecule has 1 aliphatic rings. The van der Waals surface area contributed by atoms with Crippen molar-refractivity contribution in [3.63, 3.8) is 0 Å². The third-order valence-corrected chi connectivity index (χ3v) is 13.3. The Morgan fingerprint density at radius 1 is 0.306 bits per heavy atom. The van der Waals surface area contributed by atoms with Crippen LogP contribution in [0.25, 0.3) is 44.5 Å². The first-order chi connectivity index (χ1) is 29.0. The van der Waals surface area contributed by atoms with E-state index in [2.05, 4.69) is 253 Å². The minimum atomic E-state index is -0.107. The molecule has 0 saturated heterocycles. The van der Waals surface area contributed by atoms with Gasteiger partial charge in [0.25, 0.3) is 0 Å². The molecule has 0 bridgehead atoms. The molecule has 0 heterocycles. The van der Waals surface area contributed by atoms with E-state index in [0.717, 1.165) is 17.1 Å². The lowest BCUT2D eigenvalue weighted by molar-refractivity contribution is 0.569. The molecule has 316 valence electrons. The van der Waals surface area contributed by atoms with Gasteiger partial charge in [-0.05, 0) is 142 Å². The third-order valence-electron chi connectivity index (χ3n) is 13.3. The van der Waals surface area contributed by atoms with Crippen LogP contribution in [-0.2, 0) is 27.1 Å². The first-order valence-electron chi connectivity index (χ1n) is 22.7. The van der Waals surface area contributed by atoms with Crippen LogP contribution in [0.15, 0.2) is 152 Å². The van der Waals surface area contributed by atoms with Crippen LogP contribution >= 0.6 is 0 Å². The number of hydrogen-bond acceptors (Lipinski definition) is 1. The number of anilines is 3. The number of benzene rings is 7. The average molecular weight is 814 g/mol. The first-order valence-corrected chi connectivity index (χ1v) is 22.7. The summed E-state index contributed by atoms with van der Waals surface area (Å²) in [5.41, 5.74) is 21.7. The van der Waals surface area contributed by atoms with Crippen molar-refractivity contribution < 1.29 is 0 Å². The average Bonchev–Trinajstić information content (AvgIpc) is 3.45. The molecule has 0 spiro atoms. The Morgan fingerprint density at radius 3 is 1.34 bits per heavy atom. The zero-order valence-corrected chi connectivity index (χ0v) is 39.9. The second-order valence-electron chi connectivity index (χ2n) is 22.5. The zero-order chi connectivity index (χ0) is 44.6. The van der Waals surface area contributed by atoms with Crippen molar-refractivity contribution in [2.75, 3.05) is 4.90 Å². The van der Waals surface area contributed by atoms with Gasteiger partial charge >= 0.3 is 0 Å². The Hall–Kier alpha value is -5.66. The van der Waals surface area contributed by atoms with Gasteiger partial charge in [-0.15, -0.1) is 0 Å². The summed E-state index contributed by atoms with van der Waals surface area (Å²) in [6, 6.07) is 57.9. The molecular weight excluding hydrogens is 747 g/mol. The summed E-state index contributed by atoms with van der Waals surface area (Å²) in [6.07, 6.45) is 0. The summed E-state index contributed by atoms with van der Waals surface area (Å²) in [6.45, 7) is 32.5. The van der Waals surface area contributed by atoms with Gasteiger partial charge < -0.3 is 4.90 Å².